The van der Waals surface area contributed by atoms with Crippen LogP contribution in [0, 0.1) is 12.7 Å². The minimum absolute atomic E-state index is 0.141. The number of hydrogen-bond acceptors (Lipinski definition) is 3. The maximum Gasteiger partial charge on any atom is 0.282 e. The Morgan fingerprint density at radius 2 is 2.12 bits per heavy atom. The fourth-order valence-corrected chi connectivity index (χ4v) is 2.63. The number of rotatable bonds is 0. The quantitative estimate of drug-likeness (QED) is 0.716. The first-order valence-corrected chi connectivity index (χ1v) is 5.35. The molecule has 0 saturated carbocycles. The van der Waals surface area contributed by atoms with Gasteiger partial charge in [-0.1, -0.05) is 6.07 Å². The van der Waals surface area contributed by atoms with Gasteiger partial charge in [-0.25, -0.2) is 9.38 Å². The van der Waals surface area contributed by atoms with E-state index in [1.54, 1.807) is 0 Å². The van der Waals surface area contributed by atoms with Crippen LogP contribution in [0.25, 0.3) is 0 Å². The fourth-order valence-electron chi connectivity index (χ4n) is 2.63. The van der Waals surface area contributed by atoms with Gasteiger partial charge in [0.1, 0.15) is 18.0 Å². The van der Waals surface area contributed by atoms with Gasteiger partial charge in [0.15, 0.2) is 0 Å². The normalized spacial score (nSPS) is 26.8. The highest BCUT2D eigenvalue weighted by molar-refractivity contribution is 5.74. The number of amidine groups is 1. The van der Waals surface area contributed by atoms with E-state index in [2.05, 4.69) is 4.99 Å². The van der Waals surface area contributed by atoms with Gasteiger partial charge < -0.3 is 10.5 Å². The largest absolute Gasteiger partial charge is 0.463 e. The Labute approximate surface area is 93.1 Å². The van der Waals surface area contributed by atoms with E-state index in [1.165, 1.54) is 6.07 Å². The molecule has 1 spiro atoms. The molecule has 4 heteroatoms. The molecule has 0 aromatic heterocycles. The van der Waals surface area contributed by atoms with Gasteiger partial charge in [-0.05, 0) is 29.7 Å². The molecule has 1 heterocycles. The van der Waals surface area contributed by atoms with Crippen LogP contribution in [0.15, 0.2) is 17.1 Å². The lowest BCUT2D eigenvalue weighted by Crippen LogP contribution is -2.28. The predicted molar refractivity (Wildman–Crippen MR) is 58.9 cm³/mol. The van der Waals surface area contributed by atoms with E-state index < -0.39 is 0 Å². The number of aryl methyl sites for hydroxylation is 1. The number of aliphatic imine (C=N–C) groups is 1. The van der Waals surface area contributed by atoms with Crippen molar-refractivity contribution < 1.29 is 9.13 Å². The molecule has 1 aliphatic heterocycles. The highest BCUT2D eigenvalue weighted by Crippen LogP contribution is 2.38. The molecule has 84 valence electrons. The van der Waals surface area contributed by atoms with Crippen LogP contribution in [0.2, 0.25) is 0 Å². The Bertz CT molecular complexity index is 465. The molecule has 0 radical (unpaired) electrons. The minimum atomic E-state index is -0.348. The summed E-state index contributed by atoms with van der Waals surface area (Å²) in [6, 6.07) is 3.57. The van der Waals surface area contributed by atoms with E-state index in [4.69, 9.17) is 10.5 Å². The Morgan fingerprint density at radius 1 is 1.38 bits per heavy atom. The molecule has 0 fully saturated rings. The van der Waals surface area contributed by atoms with Crippen molar-refractivity contribution >= 4 is 6.02 Å². The van der Waals surface area contributed by atoms with E-state index in [0.29, 0.717) is 13.0 Å². The van der Waals surface area contributed by atoms with Crippen molar-refractivity contribution in [3.05, 3.63) is 34.6 Å². The van der Waals surface area contributed by atoms with E-state index in [-0.39, 0.29) is 17.4 Å². The van der Waals surface area contributed by atoms with Crippen molar-refractivity contribution in [3.63, 3.8) is 0 Å². The Hall–Kier alpha value is -1.58. The van der Waals surface area contributed by atoms with Crippen molar-refractivity contribution in [3.8, 4) is 0 Å². The summed E-state index contributed by atoms with van der Waals surface area (Å²) in [5.74, 6) is -0.141. The second kappa shape index (κ2) is 2.97. The first-order valence-electron chi connectivity index (χ1n) is 5.35. The molecule has 1 aromatic rings. The van der Waals surface area contributed by atoms with Crippen molar-refractivity contribution in [2.75, 3.05) is 6.61 Å². The molecule has 0 saturated heterocycles. The van der Waals surface area contributed by atoms with E-state index >= 15 is 0 Å². The van der Waals surface area contributed by atoms with Crippen molar-refractivity contribution in [1.82, 2.24) is 0 Å². The molecule has 16 heavy (non-hydrogen) atoms. The number of nitrogens with two attached hydrogens (primary N) is 1. The highest BCUT2D eigenvalue weighted by atomic mass is 19.1. The first kappa shape index (κ1) is 9.63. The van der Waals surface area contributed by atoms with Gasteiger partial charge >= 0.3 is 0 Å². The van der Waals surface area contributed by atoms with Crippen LogP contribution in [0.5, 0.6) is 0 Å². The number of halogens is 1. The predicted octanol–water partition coefficient (Wildman–Crippen LogP) is 1.32. The third kappa shape index (κ3) is 1.22. The van der Waals surface area contributed by atoms with Gasteiger partial charge in [-0.15, -0.1) is 0 Å². The summed E-state index contributed by atoms with van der Waals surface area (Å²) in [6.45, 7) is 2.46. The Morgan fingerprint density at radius 3 is 2.75 bits per heavy atom. The first-order chi connectivity index (χ1) is 7.60. The number of fused-ring (bicyclic) bond motifs is 1. The van der Waals surface area contributed by atoms with Gasteiger partial charge in [0, 0.05) is 12.8 Å². The van der Waals surface area contributed by atoms with Crippen LogP contribution < -0.4 is 5.73 Å². The van der Waals surface area contributed by atoms with Gasteiger partial charge in [0.05, 0.1) is 0 Å². The SMILES string of the molecule is Cc1ccc(F)c2c1CC1(COC(N)=N1)C2. The maximum atomic E-state index is 13.7. The fraction of sp³-hybridized carbons (Fsp3) is 0.417. The molecule has 1 aromatic carbocycles. The average Bonchev–Trinajstić information content (AvgIpc) is 2.79. The smallest absolute Gasteiger partial charge is 0.282 e. The summed E-state index contributed by atoms with van der Waals surface area (Å²) in [5.41, 5.74) is 8.16. The number of benzene rings is 1. The molecule has 2 aliphatic rings. The number of nitrogens with zero attached hydrogens (tertiary/aromatic N) is 1. The van der Waals surface area contributed by atoms with Crippen LogP contribution in [0.4, 0.5) is 4.39 Å². The topological polar surface area (TPSA) is 47.6 Å². The molecular formula is C12H13FN2O. The lowest BCUT2D eigenvalue weighted by Gasteiger charge is -2.15. The average molecular weight is 220 g/mol. The Kier molecular flexibility index (Phi) is 1.79. The summed E-state index contributed by atoms with van der Waals surface area (Å²) in [6.07, 6.45) is 1.32. The summed E-state index contributed by atoms with van der Waals surface area (Å²) in [4.78, 5) is 4.32. The number of ether oxygens (including phenoxy) is 1. The Balaban J connectivity index is 2.07. The molecule has 3 nitrogen and oxygen atoms in total. The van der Waals surface area contributed by atoms with E-state index in [9.17, 15) is 4.39 Å². The molecule has 0 bridgehead atoms. The van der Waals surface area contributed by atoms with E-state index in [1.807, 2.05) is 13.0 Å². The molecule has 1 unspecified atom stereocenters. The molecule has 2 N–H and O–H groups in total. The third-order valence-corrected chi connectivity index (χ3v) is 3.46. The van der Waals surface area contributed by atoms with Crippen molar-refractivity contribution in [1.29, 1.82) is 0 Å². The summed E-state index contributed by atoms with van der Waals surface area (Å²) < 4.78 is 18.9. The number of hydrogen-bond donors (Lipinski definition) is 1. The minimum Gasteiger partial charge on any atom is -0.463 e. The third-order valence-electron chi connectivity index (χ3n) is 3.46. The van der Waals surface area contributed by atoms with Gasteiger partial charge in [-0.3, -0.25) is 0 Å². The molecule has 0 amide bonds. The maximum absolute atomic E-state index is 13.7. The van der Waals surface area contributed by atoms with Gasteiger partial charge in [-0.2, -0.15) is 0 Å². The summed E-state index contributed by atoms with van der Waals surface area (Å²) >= 11 is 0. The van der Waals surface area contributed by atoms with Crippen molar-refractivity contribution in [2.45, 2.75) is 25.3 Å². The molecule has 1 aliphatic carbocycles. The second-order valence-corrected chi connectivity index (χ2v) is 4.64. The molecule has 1 atom stereocenters. The zero-order valence-corrected chi connectivity index (χ0v) is 9.09. The van der Waals surface area contributed by atoms with Gasteiger partial charge in [0.2, 0.25) is 0 Å². The lowest BCUT2D eigenvalue weighted by atomic mass is 9.98. The zero-order chi connectivity index (χ0) is 11.3. The lowest BCUT2D eigenvalue weighted by molar-refractivity contribution is 0.257. The highest BCUT2D eigenvalue weighted by Gasteiger charge is 2.43. The van der Waals surface area contributed by atoms with Crippen LogP contribution in [0.1, 0.15) is 16.7 Å². The molecule has 3 rings (SSSR count). The summed E-state index contributed by atoms with van der Waals surface area (Å²) in [5, 5.41) is 0. The van der Waals surface area contributed by atoms with E-state index in [0.717, 1.165) is 23.1 Å². The molecular weight excluding hydrogens is 207 g/mol. The standard InChI is InChI=1S/C12H13FN2O/c1-7-2-3-10(13)9-5-12(4-8(7)9)6-16-11(14)15-12/h2-3H,4-6H2,1H3,(H2,14,15). The summed E-state index contributed by atoms with van der Waals surface area (Å²) in [7, 11) is 0. The van der Waals surface area contributed by atoms with Gasteiger partial charge in [0.25, 0.3) is 6.02 Å². The van der Waals surface area contributed by atoms with Crippen LogP contribution in [-0.2, 0) is 17.6 Å². The second-order valence-electron chi connectivity index (χ2n) is 4.64. The zero-order valence-electron chi connectivity index (χ0n) is 9.09. The monoisotopic (exact) mass is 220 g/mol. The van der Waals surface area contributed by atoms with Crippen molar-refractivity contribution in [2.24, 2.45) is 10.7 Å². The van der Waals surface area contributed by atoms with Crippen LogP contribution in [0.3, 0.4) is 0 Å². The van der Waals surface area contributed by atoms with Crippen LogP contribution in [-0.4, -0.2) is 18.2 Å². The van der Waals surface area contributed by atoms with Crippen LogP contribution >= 0.6 is 0 Å².